The smallest absolute Gasteiger partial charge is 0.0653 e. The lowest BCUT2D eigenvalue weighted by atomic mass is 9.54. The van der Waals surface area contributed by atoms with Crippen molar-refractivity contribution in [3.8, 4) is 0 Å². The predicted octanol–water partition coefficient (Wildman–Crippen LogP) is 1.70. The fourth-order valence-corrected chi connectivity index (χ4v) is 4.13. The summed E-state index contributed by atoms with van der Waals surface area (Å²) in [4.78, 5) is 0. The molecule has 0 radical (unpaired) electrons. The molecule has 0 aliphatic heterocycles. The first-order valence-corrected chi connectivity index (χ1v) is 6.84. The fraction of sp³-hybridized carbons (Fsp3) is 1.00. The maximum atomic E-state index is 10.5. The second kappa shape index (κ2) is 4.22. The Morgan fingerprint density at radius 1 is 1.12 bits per heavy atom. The van der Waals surface area contributed by atoms with Gasteiger partial charge in [-0.25, -0.2) is 0 Å². The zero-order chi connectivity index (χ0) is 12.8. The summed E-state index contributed by atoms with van der Waals surface area (Å²) >= 11 is 0. The van der Waals surface area contributed by atoms with Gasteiger partial charge in [-0.15, -0.1) is 0 Å². The van der Waals surface area contributed by atoms with Crippen LogP contribution in [-0.2, 0) is 0 Å². The highest BCUT2D eigenvalue weighted by atomic mass is 16.3. The zero-order valence-corrected chi connectivity index (χ0v) is 11.2. The molecule has 0 aromatic rings. The molecule has 0 aromatic carbocycles. The van der Waals surface area contributed by atoms with Crippen LogP contribution in [0.4, 0.5) is 0 Å². The molecule has 17 heavy (non-hydrogen) atoms. The second-order valence-electron chi connectivity index (χ2n) is 6.93. The minimum absolute atomic E-state index is 0.0544. The molecular weight excluding hydrogens is 216 g/mol. The number of hydrogen-bond donors (Lipinski definition) is 3. The van der Waals surface area contributed by atoms with E-state index in [1.165, 1.54) is 0 Å². The highest BCUT2D eigenvalue weighted by molar-refractivity contribution is 5.03. The SMILES string of the molecule is CC(C)(O)[C@@H]1CC[C@@]2(C)CCC[C@@H](O)[C@H]2[C@H]1O. The van der Waals surface area contributed by atoms with E-state index in [0.717, 1.165) is 32.1 Å². The molecule has 3 heteroatoms. The van der Waals surface area contributed by atoms with E-state index in [2.05, 4.69) is 6.92 Å². The van der Waals surface area contributed by atoms with Crippen LogP contribution in [0.15, 0.2) is 0 Å². The first-order valence-electron chi connectivity index (χ1n) is 6.84. The van der Waals surface area contributed by atoms with Gasteiger partial charge in [-0.2, -0.15) is 0 Å². The molecule has 0 heterocycles. The molecule has 100 valence electrons. The largest absolute Gasteiger partial charge is 0.393 e. The standard InChI is InChI=1S/C14H26O3/c1-13(2,17)9-6-8-14(3)7-4-5-10(15)11(14)12(9)16/h9-12,15-17H,4-8H2,1-3H3/t9-,10-,11+,12+,14-/m1/s1. The zero-order valence-electron chi connectivity index (χ0n) is 11.2. The Balaban J connectivity index is 2.24. The average Bonchev–Trinajstić information content (AvgIpc) is 2.14. The summed E-state index contributed by atoms with van der Waals surface area (Å²) in [5.74, 6) is -0.185. The van der Waals surface area contributed by atoms with Crippen LogP contribution >= 0.6 is 0 Å². The lowest BCUT2D eigenvalue weighted by Gasteiger charge is -2.54. The molecule has 0 bridgehead atoms. The third-order valence-electron chi connectivity index (χ3n) is 5.18. The molecule has 3 nitrogen and oxygen atoms in total. The van der Waals surface area contributed by atoms with Crippen LogP contribution in [0, 0.1) is 17.3 Å². The summed E-state index contributed by atoms with van der Waals surface area (Å²) < 4.78 is 0. The topological polar surface area (TPSA) is 60.7 Å². The van der Waals surface area contributed by atoms with E-state index in [1.54, 1.807) is 13.8 Å². The average molecular weight is 242 g/mol. The molecule has 0 saturated heterocycles. The van der Waals surface area contributed by atoms with Crippen molar-refractivity contribution >= 4 is 0 Å². The maximum absolute atomic E-state index is 10.5. The molecule has 2 fully saturated rings. The molecule has 2 aliphatic carbocycles. The van der Waals surface area contributed by atoms with Gasteiger partial charge in [-0.05, 0) is 44.9 Å². The normalized spacial score (nSPS) is 47.6. The fourth-order valence-electron chi connectivity index (χ4n) is 4.13. The third-order valence-corrected chi connectivity index (χ3v) is 5.18. The van der Waals surface area contributed by atoms with E-state index >= 15 is 0 Å². The van der Waals surface area contributed by atoms with Gasteiger partial charge < -0.3 is 15.3 Å². The molecule has 3 N–H and O–H groups in total. The number of rotatable bonds is 1. The van der Waals surface area contributed by atoms with Crippen molar-refractivity contribution in [2.45, 2.75) is 70.7 Å². The third kappa shape index (κ3) is 2.25. The highest BCUT2D eigenvalue weighted by Crippen LogP contribution is 2.53. The van der Waals surface area contributed by atoms with Crippen LogP contribution in [0.5, 0.6) is 0 Å². The van der Waals surface area contributed by atoms with Gasteiger partial charge in [0.25, 0.3) is 0 Å². The summed E-state index contributed by atoms with van der Waals surface area (Å²) in [5.41, 5.74) is -0.809. The molecular formula is C14H26O3. The minimum Gasteiger partial charge on any atom is -0.393 e. The summed E-state index contributed by atoms with van der Waals surface area (Å²) in [7, 11) is 0. The molecule has 2 aliphatic rings. The van der Waals surface area contributed by atoms with Gasteiger partial charge in [0.05, 0.1) is 17.8 Å². The van der Waals surface area contributed by atoms with E-state index in [9.17, 15) is 15.3 Å². The Kier molecular flexibility index (Phi) is 3.30. The first-order chi connectivity index (χ1) is 7.76. The molecule has 0 aromatic heterocycles. The van der Waals surface area contributed by atoms with E-state index in [4.69, 9.17) is 0 Å². The number of fused-ring (bicyclic) bond motifs is 1. The summed E-state index contributed by atoms with van der Waals surface area (Å²) in [6.45, 7) is 5.71. The highest BCUT2D eigenvalue weighted by Gasteiger charge is 2.53. The van der Waals surface area contributed by atoms with Gasteiger partial charge in [0.2, 0.25) is 0 Å². The minimum atomic E-state index is -0.863. The van der Waals surface area contributed by atoms with Gasteiger partial charge in [0.15, 0.2) is 0 Å². The van der Waals surface area contributed by atoms with E-state index in [1.807, 2.05) is 0 Å². The molecule has 0 spiro atoms. The first kappa shape index (κ1) is 13.3. The van der Waals surface area contributed by atoms with Crippen LogP contribution in [-0.4, -0.2) is 33.1 Å². The van der Waals surface area contributed by atoms with Crippen molar-refractivity contribution in [1.29, 1.82) is 0 Å². The van der Waals surface area contributed by atoms with Crippen LogP contribution < -0.4 is 0 Å². The monoisotopic (exact) mass is 242 g/mol. The number of aliphatic hydroxyl groups is 3. The van der Waals surface area contributed by atoms with Gasteiger partial charge >= 0.3 is 0 Å². The Hall–Kier alpha value is -0.120. The van der Waals surface area contributed by atoms with Crippen LogP contribution in [0.2, 0.25) is 0 Å². The number of hydrogen-bond acceptors (Lipinski definition) is 3. The molecule has 2 saturated carbocycles. The van der Waals surface area contributed by atoms with E-state index < -0.39 is 17.8 Å². The van der Waals surface area contributed by atoms with Gasteiger partial charge in [-0.3, -0.25) is 0 Å². The van der Waals surface area contributed by atoms with Crippen molar-refractivity contribution in [2.24, 2.45) is 17.3 Å². The van der Waals surface area contributed by atoms with Crippen molar-refractivity contribution < 1.29 is 15.3 Å². The lowest BCUT2D eigenvalue weighted by Crippen LogP contribution is -2.56. The number of aliphatic hydroxyl groups excluding tert-OH is 2. The Bertz CT molecular complexity index is 284. The Morgan fingerprint density at radius 2 is 1.76 bits per heavy atom. The molecule has 0 unspecified atom stereocenters. The van der Waals surface area contributed by atoms with Crippen LogP contribution in [0.3, 0.4) is 0 Å². The van der Waals surface area contributed by atoms with Gasteiger partial charge in [0.1, 0.15) is 0 Å². The molecule has 2 rings (SSSR count). The second-order valence-corrected chi connectivity index (χ2v) is 6.93. The summed E-state index contributed by atoms with van der Waals surface area (Å²) in [5, 5.41) is 30.8. The summed E-state index contributed by atoms with van der Waals surface area (Å²) in [6, 6.07) is 0. The van der Waals surface area contributed by atoms with Crippen molar-refractivity contribution in [3.05, 3.63) is 0 Å². The molecule has 0 amide bonds. The van der Waals surface area contributed by atoms with Crippen LogP contribution in [0.25, 0.3) is 0 Å². The van der Waals surface area contributed by atoms with Crippen molar-refractivity contribution in [3.63, 3.8) is 0 Å². The Morgan fingerprint density at radius 3 is 2.35 bits per heavy atom. The van der Waals surface area contributed by atoms with Gasteiger partial charge in [-0.1, -0.05) is 13.3 Å². The van der Waals surface area contributed by atoms with E-state index in [-0.39, 0.29) is 17.3 Å². The Labute approximate surface area is 104 Å². The summed E-state index contributed by atoms with van der Waals surface area (Å²) in [6.07, 6.45) is 3.79. The predicted molar refractivity (Wildman–Crippen MR) is 66.5 cm³/mol. The van der Waals surface area contributed by atoms with Crippen molar-refractivity contribution in [2.75, 3.05) is 0 Å². The maximum Gasteiger partial charge on any atom is 0.0653 e. The van der Waals surface area contributed by atoms with E-state index in [0.29, 0.717) is 0 Å². The lowest BCUT2D eigenvalue weighted by molar-refractivity contribution is -0.169. The van der Waals surface area contributed by atoms with Crippen molar-refractivity contribution in [1.82, 2.24) is 0 Å². The quantitative estimate of drug-likeness (QED) is 0.656. The van der Waals surface area contributed by atoms with Crippen LogP contribution in [0.1, 0.15) is 52.9 Å². The molecule has 5 atom stereocenters. The van der Waals surface area contributed by atoms with Gasteiger partial charge in [0, 0.05) is 11.8 Å².